The summed E-state index contributed by atoms with van der Waals surface area (Å²) in [5, 5.41) is 2.93. The number of carbonyl (C=O) groups is 1. The van der Waals surface area contributed by atoms with E-state index in [0.29, 0.717) is 6.42 Å². The average Bonchev–Trinajstić information content (AvgIpc) is 2.24. The van der Waals surface area contributed by atoms with Crippen LogP contribution in [0.25, 0.3) is 0 Å². The molecule has 1 saturated heterocycles. The van der Waals surface area contributed by atoms with E-state index >= 15 is 0 Å². The van der Waals surface area contributed by atoms with Crippen molar-refractivity contribution in [2.75, 3.05) is 6.54 Å². The summed E-state index contributed by atoms with van der Waals surface area (Å²) in [6.45, 7) is 2.97. The van der Waals surface area contributed by atoms with Crippen LogP contribution in [-0.2, 0) is 10.2 Å². The molecular weight excluding hydrogens is 174 g/mol. The Labute approximate surface area is 84.3 Å². The molecular formula is C12H15NO. The third-order valence-electron chi connectivity index (χ3n) is 3.05. The van der Waals surface area contributed by atoms with Gasteiger partial charge in [-0.15, -0.1) is 0 Å². The van der Waals surface area contributed by atoms with Gasteiger partial charge in [0.2, 0.25) is 5.91 Å². The number of amides is 1. The fourth-order valence-electron chi connectivity index (χ4n) is 1.95. The van der Waals surface area contributed by atoms with Crippen molar-refractivity contribution in [2.24, 2.45) is 0 Å². The van der Waals surface area contributed by atoms with Crippen LogP contribution in [0, 0.1) is 0 Å². The lowest BCUT2D eigenvalue weighted by molar-refractivity contribution is -0.123. The van der Waals surface area contributed by atoms with Crippen LogP contribution in [-0.4, -0.2) is 12.5 Å². The second kappa shape index (κ2) is 3.45. The zero-order chi connectivity index (χ0) is 10.0. The Morgan fingerprint density at radius 2 is 2.00 bits per heavy atom. The van der Waals surface area contributed by atoms with E-state index in [4.69, 9.17) is 0 Å². The van der Waals surface area contributed by atoms with Crippen LogP contribution in [0.3, 0.4) is 0 Å². The van der Waals surface area contributed by atoms with E-state index < -0.39 is 0 Å². The van der Waals surface area contributed by atoms with Crippen LogP contribution >= 0.6 is 0 Å². The van der Waals surface area contributed by atoms with E-state index in [1.807, 2.05) is 6.07 Å². The number of rotatable bonds is 1. The summed E-state index contributed by atoms with van der Waals surface area (Å²) >= 11 is 0. The van der Waals surface area contributed by atoms with Gasteiger partial charge in [0.1, 0.15) is 0 Å². The normalized spacial score (nSPS) is 27.1. The van der Waals surface area contributed by atoms with Crippen LogP contribution in [0.15, 0.2) is 30.3 Å². The van der Waals surface area contributed by atoms with Gasteiger partial charge in [-0.05, 0) is 12.0 Å². The lowest BCUT2D eigenvalue weighted by Gasteiger charge is -2.34. The maximum absolute atomic E-state index is 11.1. The molecule has 2 rings (SSSR count). The second-order valence-electron chi connectivity index (χ2n) is 4.20. The highest BCUT2D eigenvalue weighted by Gasteiger charge is 2.31. The van der Waals surface area contributed by atoms with E-state index in [2.05, 4.69) is 36.5 Å². The minimum absolute atomic E-state index is 0.120. The SMILES string of the molecule is C[C@]1(c2ccccc2)CCC(=O)NC1. The van der Waals surface area contributed by atoms with Gasteiger partial charge in [-0.1, -0.05) is 37.3 Å². The van der Waals surface area contributed by atoms with Gasteiger partial charge < -0.3 is 5.32 Å². The van der Waals surface area contributed by atoms with Crippen LogP contribution < -0.4 is 5.32 Å². The standard InChI is InChI=1S/C12H15NO/c1-12(8-7-11(14)13-9-12)10-5-3-2-4-6-10/h2-6H,7-9H2,1H3,(H,13,14)/t12-/m0/s1. The first kappa shape index (κ1) is 9.25. The zero-order valence-electron chi connectivity index (χ0n) is 8.42. The zero-order valence-corrected chi connectivity index (χ0v) is 8.42. The molecule has 0 radical (unpaired) electrons. The molecule has 1 N–H and O–H groups in total. The van der Waals surface area contributed by atoms with Crippen molar-refractivity contribution in [3.8, 4) is 0 Å². The molecule has 1 heterocycles. The highest BCUT2D eigenvalue weighted by atomic mass is 16.1. The third kappa shape index (κ3) is 1.65. The molecule has 0 spiro atoms. The number of piperidine rings is 1. The fraction of sp³-hybridized carbons (Fsp3) is 0.417. The van der Waals surface area contributed by atoms with Gasteiger partial charge in [-0.3, -0.25) is 4.79 Å². The van der Waals surface area contributed by atoms with Crippen molar-refractivity contribution >= 4 is 5.91 Å². The highest BCUT2D eigenvalue weighted by Crippen LogP contribution is 2.30. The molecule has 1 aliphatic heterocycles. The smallest absolute Gasteiger partial charge is 0.220 e. The van der Waals surface area contributed by atoms with Crippen molar-refractivity contribution in [3.05, 3.63) is 35.9 Å². The minimum atomic E-state index is 0.120. The van der Waals surface area contributed by atoms with Gasteiger partial charge in [0.15, 0.2) is 0 Å². The van der Waals surface area contributed by atoms with Crippen molar-refractivity contribution in [1.29, 1.82) is 0 Å². The summed E-state index contributed by atoms with van der Waals surface area (Å²) in [6, 6.07) is 10.4. The molecule has 0 unspecified atom stereocenters. The summed E-state index contributed by atoms with van der Waals surface area (Å²) in [5.74, 6) is 0.179. The lowest BCUT2D eigenvalue weighted by atomic mass is 9.76. The minimum Gasteiger partial charge on any atom is -0.355 e. The summed E-state index contributed by atoms with van der Waals surface area (Å²) < 4.78 is 0. The van der Waals surface area contributed by atoms with E-state index in [-0.39, 0.29) is 11.3 Å². The van der Waals surface area contributed by atoms with Gasteiger partial charge in [0, 0.05) is 18.4 Å². The molecule has 1 atom stereocenters. The first-order valence-electron chi connectivity index (χ1n) is 5.03. The molecule has 0 aliphatic carbocycles. The molecule has 1 fully saturated rings. The second-order valence-corrected chi connectivity index (χ2v) is 4.20. The lowest BCUT2D eigenvalue weighted by Crippen LogP contribution is -2.44. The molecule has 0 saturated carbocycles. The Morgan fingerprint density at radius 1 is 1.29 bits per heavy atom. The fourth-order valence-corrected chi connectivity index (χ4v) is 1.95. The van der Waals surface area contributed by atoms with Gasteiger partial charge >= 0.3 is 0 Å². The first-order chi connectivity index (χ1) is 6.71. The quantitative estimate of drug-likeness (QED) is 0.717. The Morgan fingerprint density at radius 3 is 2.57 bits per heavy atom. The van der Waals surface area contributed by atoms with Crippen LogP contribution in [0.5, 0.6) is 0 Å². The molecule has 0 bridgehead atoms. The van der Waals surface area contributed by atoms with Gasteiger partial charge in [-0.2, -0.15) is 0 Å². The van der Waals surface area contributed by atoms with E-state index in [0.717, 1.165) is 13.0 Å². The average molecular weight is 189 g/mol. The monoisotopic (exact) mass is 189 g/mol. The van der Waals surface area contributed by atoms with Gasteiger partial charge in [0.25, 0.3) is 0 Å². The highest BCUT2D eigenvalue weighted by molar-refractivity contribution is 5.77. The molecule has 1 aliphatic rings. The van der Waals surface area contributed by atoms with Crippen molar-refractivity contribution in [3.63, 3.8) is 0 Å². The van der Waals surface area contributed by atoms with Crippen molar-refractivity contribution in [2.45, 2.75) is 25.2 Å². The van der Waals surface area contributed by atoms with Crippen molar-refractivity contribution < 1.29 is 4.79 Å². The van der Waals surface area contributed by atoms with Gasteiger partial charge in [-0.25, -0.2) is 0 Å². The van der Waals surface area contributed by atoms with E-state index in [9.17, 15) is 4.79 Å². The summed E-state index contributed by atoms with van der Waals surface area (Å²) in [4.78, 5) is 11.1. The number of carbonyl (C=O) groups excluding carboxylic acids is 1. The number of nitrogens with one attached hydrogen (secondary N) is 1. The maximum atomic E-state index is 11.1. The topological polar surface area (TPSA) is 29.1 Å². The largest absolute Gasteiger partial charge is 0.355 e. The molecule has 0 aromatic heterocycles. The van der Waals surface area contributed by atoms with E-state index in [1.165, 1.54) is 5.56 Å². The molecule has 1 aromatic carbocycles. The predicted octanol–water partition coefficient (Wildman–Crippen LogP) is 1.85. The Hall–Kier alpha value is -1.31. The Balaban J connectivity index is 2.21. The number of hydrogen-bond acceptors (Lipinski definition) is 1. The summed E-state index contributed by atoms with van der Waals surface area (Å²) in [5.41, 5.74) is 1.44. The summed E-state index contributed by atoms with van der Waals surface area (Å²) in [7, 11) is 0. The molecule has 2 heteroatoms. The molecule has 1 aromatic rings. The molecule has 1 amide bonds. The number of hydrogen-bond donors (Lipinski definition) is 1. The first-order valence-corrected chi connectivity index (χ1v) is 5.03. The molecule has 2 nitrogen and oxygen atoms in total. The van der Waals surface area contributed by atoms with Crippen LogP contribution in [0.2, 0.25) is 0 Å². The van der Waals surface area contributed by atoms with Crippen molar-refractivity contribution in [1.82, 2.24) is 5.32 Å². The van der Waals surface area contributed by atoms with Crippen LogP contribution in [0.1, 0.15) is 25.3 Å². The Bertz CT molecular complexity index is 321. The Kier molecular flexibility index (Phi) is 2.28. The molecule has 14 heavy (non-hydrogen) atoms. The predicted molar refractivity (Wildman–Crippen MR) is 56.0 cm³/mol. The van der Waals surface area contributed by atoms with E-state index in [1.54, 1.807) is 0 Å². The van der Waals surface area contributed by atoms with Gasteiger partial charge in [0.05, 0.1) is 0 Å². The third-order valence-corrected chi connectivity index (χ3v) is 3.05. The maximum Gasteiger partial charge on any atom is 0.220 e. The molecule has 74 valence electrons. The number of benzene rings is 1. The van der Waals surface area contributed by atoms with Crippen LogP contribution in [0.4, 0.5) is 0 Å². The summed E-state index contributed by atoms with van der Waals surface area (Å²) in [6.07, 6.45) is 1.59.